The van der Waals surface area contributed by atoms with Gasteiger partial charge >= 0.3 is 0 Å². The monoisotopic (exact) mass is 332 g/mol. The van der Waals surface area contributed by atoms with Crippen LogP contribution in [0.1, 0.15) is 46.0 Å². The highest BCUT2D eigenvalue weighted by Gasteiger charge is 2.36. The van der Waals surface area contributed by atoms with E-state index in [-0.39, 0.29) is 30.2 Å². The van der Waals surface area contributed by atoms with E-state index in [9.17, 15) is 9.59 Å². The summed E-state index contributed by atoms with van der Waals surface area (Å²) >= 11 is 0. The second-order valence-corrected chi connectivity index (χ2v) is 6.48. The molecular formula is C19H28N2O3. The van der Waals surface area contributed by atoms with Crippen molar-refractivity contribution in [2.75, 3.05) is 18.6 Å². The third-order valence-corrected chi connectivity index (χ3v) is 4.50. The molecule has 1 aromatic carbocycles. The fourth-order valence-electron chi connectivity index (χ4n) is 3.10. The molecule has 0 radical (unpaired) electrons. The van der Waals surface area contributed by atoms with Crippen molar-refractivity contribution in [3.8, 4) is 5.75 Å². The van der Waals surface area contributed by atoms with Crippen LogP contribution in [0.2, 0.25) is 0 Å². The number of amides is 2. The van der Waals surface area contributed by atoms with Gasteiger partial charge in [-0.2, -0.15) is 0 Å². The maximum atomic E-state index is 12.4. The van der Waals surface area contributed by atoms with Gasteiger partial charge in [0.15, 0.2) is 0 Å². The first-order valence-corrected chi connectivity index (χ1v) is 8.80. The number of methoxy groups -OCH3 is 1. The molecule has 0 aromatic heterocycles. The molecule has 0 aliphatic carbocycles. The van der Waals surface area contributed by atoms with Crippen LogP contribution in [-0.2, 0) is 9.59 Å². The van der Waals surface area contributed by atoms with Gasteiger partial charge in [0.2, 0.25) is 11.8 Å². The van der Waals surface area contributed by atoms with E-state index in [4.69, 9.17) is 4.74 Å². The van der Waals surface area contributed by atoms with Gasteiger partial charge in [-0.3, -0.25) is 9.59 Å². The molecule has 2 rings (SSSR count). The second-order valence-electron chi connectivity index (χ2n) is 6.48. The fraction of sp³-hybridized carbons (Fsp3) is 0.579. The SMILES string of the molecule is CCCCCC(C)NC(=O)C1CC(=O)N(c2ccccc2OC)C1. The smallest absolute Gasteiger partial charge is 0.227 e. The van der Waals surface area contributed by atoms with Crippen LogP contribution in [0.3, 0.4) is 0 Å². The van der Waals surface area contributed by atoms with Crippen LogP contribution in [0.4, 0.5) is 5.69 Å². The number of benzene rings is 1. The first-order valence-electron chi connectivity index (χ1n) is 8.80. The van der Waals surface area contributed by atoms with Crippen LogP contribution in [0.25, 0.3) is 0 Å². The topological polar surface area (TPSA) is 58.6 Å². The van der Waals surface area contributed by atoms with E-state index in [0.717, 1.165) is 18.5 Å². The highest BCUT2D eigenvalue weighted by atomic mass is 16.5. The zero-order valence-electron chi connectivity index (χ0n) is 14.9. The van der Waals surface area contributed by atoms with E-state index in [2.05, 4.69) is 12.2 Å². The van der Waals surface area contributed by atoms with Crippen LogP contribution < -0.4 is 15.0 Å². The average molecular weight is 332 g/mol. The maximum Gasteiger partial charge on any atom is 0.227 e. The first kappa shape index (κ1) is 18.3. The van der Waals surface area contributed by atoms with Gasteiger partial charge in [-0.1, -0.05) is 38.3 Å². The Hall–Kier alpha value is -2.04. The number of carbonyl (C=O) groups is 2. The summed E-state index contributed by atoms with van der Waals surface area (Å²) in [5.74, 6) is 0.305. The number of nitrogens with zero attached hydrogens (tertiary/aromatic N) is 1. The number of carbonyl (C=O) groups excluding carboxylic acids is 2. The Balaban J connectivity index is 1.95. The van der Waals surface area contributed by atoms with E-state index in [1.165, 1.54) is 12.8 Å². The highest BCUT2D eigenvalue weighted by molar-refractivity contribution is 6.01. The zero-order valence-corrected chi connectivity index (χ0v) is 14.9. The molecule has 2 unspecified atom stereocenters. The molecule has 24 heavy (non-hydrogen) atoms. The van der Waals surface area contributed by atoms with E-state index in [1.54, 1.807) is 12.0 Å². The summed E-state index contributed by atoms with van der Waals surface area (Å²) in [6, 6.07) is 7.56. The summed E-state index contributed by atoms with van der Waals surface area (Å²) < 4.78 is 5.33. The molecule has 0 saturated carbocycles. The number of anilines is 1. The molecule has 1 saturated heterocycles. The summed E-state index contributed by atoms with van der Waals surface area (Å²) in [6.45, 7) is 4.61. The Morgan fingerprint density at radius 1 is 1.38 bits per heavy atom. The van der Waals surface area contributed by atoms with Crippen molar-refractivity contribution in [2.24, 2.45) is 5.92 Å². The number of nitrogens with one attached hydrogen (secondary N) is 1. The minimum Gasteiger partial charge on any atom is -0.495 e. The highest BCUT2D eigenvalue weighted by Crippen LogP contribution is 2.32. The summed E-state index contributed by atoms with van der Waals surface area (Å²) in [5, 5.41) is 3.05. The Labute approximate surface area is 144 Å². The van der Waals surface area contributed by atoms with E-state index < -0.39 is 0 Å². The molecule has 1 aliphatic rings. The van der Waals surface area contributed by atoms with E-state index in [0.29, 0.717) is 12.3 Å². The first-order chi connectivity index (χ1) is 11.6. The van der Waals surface area contributed by atoms with E-state index in [1.807, 2.05) is 31.2 Å². The lowest BCUT2D eigenvalue weighted by molar-refractivity contribution is -0.126. The molecule has 2 atom stereocenters. The van der Waals surface area contributed by atoms with Gasteiger partial charge in [-0.05, 0) is 25.5 Å². The van der Waals surface area contributed by atoms with Crippen molar-refractivity contribution in [2.45, 2.75) is 52.0 Å². The second kappa shape index (κ2) is 8.71. The van der Waals surface area contributed by atoms with Crippen molar-refractivity contribution in [3.05, 3.63) is 24.3 Å². The fourth-order valence-corrected chi connectivity index (χ4v) is 3.10. The van der Waals surface area contributed by atoms with Crippen LogP contribution in [0, 0.1) is 5.92 Å². The van der Waals surface area contributed by atoms with Gasteiger partial charge in [0, 0.05) is 19.0 Å². The normalized spacial score (nSPS) is 18.5. The maximum absolute atomic E-state index is 12.4. The van der Waals surface area contributed by atoms with Crippen molar-refractivity contribution >= 4 is 17.5 Å². The molecule has 132 valence electrons. The molecule has 2 amide bonds. The van der Waals surface area contributed by atoms with Crippen LogP contribution in [0.5, 0.6) is 5.75 Å². The largest absolute Gasteiger partial charge is 0.495 e. The summed E-state index contributed by atoms with van der Waals surface area (Å²) in [7, 11) is 1.58. The van der Waals surface area contributed by atoms with Crippen molar-refractivity contribution < 1.29 is 14.3 Å². The third-order valence-electron chi connectivity index (χ3n) is 4.50. The number of para-hydroxylation sites is 2. The van der Waals surface area contributed by atoms with Crippen molar-refractivity contribution in [1.29, 1.82) is 0 Å². The molecule has 5 nitrogen and oxygen atoms in total. The van der Waals surface area contributed by atoms with Gasteiger partial charge in [0.05, 0.1) is 18.7 Å². The number of hydrogen-bond acceptors (Lipinski definition) is 3. The lowest BCUT2D eigenvalue weighted by Crippen LogP contribution is -2.38. The molecule has 1 fully saturated rings. The standard InChI is InChI=1S/C19H28N2O3/c1-4-5-6-9-14(2)20-19(23)15-12-18(22)21(13-15)16-10-7-8-11-17(16)24-3/h7-8,10-11,14-15H,4-6,9,12-13H2,1-3H3,(H,20,23). The summed E-state index contributed by atoms with van der Waals surface area (Å²) in [6.07, 6.45) is 4.71. The predicted molar refractivity (Wildman–Crippen MR) is 95.2 cm³/mol. The molecule has 1 aliphatic heterocycles. The van der Waals surface area contributed by atoms with Gasteiger partial charge in [-0.15, -0.1) is 0 Å². The molecule has 1 N–H and O–H groups in total. The van der Waals surface area contributed by atoms with Crippen molar-refractivity contribution in [1.82, 2.24) is 5.32 Å². The molecule has 0 spiro atoms. The lowest BCUT2D eigenvalue weighted by Gasteiger charge is -2.20. The van der Waals surface area contributed by atoms with E-state index >= 15 is 0 Å². The zero-order chi connectivity index (χ0) is 17.5. The Kier molecular flexibility index (Phi) is 6.64. The number of rotatable bonds is 8. The van der Waals surface area contributed by atoms with Crippen molar-refractivity contribution in [3.63, 3.8) is 0 Å². The van der Waals surface area contributed by atoms with Gasteiger partial charge in [-0.25, -0.2) is 0 Å². The molecule has 1 aromatic rings. The minimum atomic E-state index is -0.295. The summed E-state index contributed by atoms with van der Waals surface area (Å²) in [5.41, 5.74) is 0.733. The van der Waals surface area contributed by atoms with Gasteiger partial charge < -0.3 is 15.0 Å². The Bertz CT molecular complexity index is 573. The number of unbranched alkanes of at least 4 members (excludes halogenated alkanes) is 2. The molecular weight excluding hydrogens is 304 g/mol. The number of hydrogen-bond donors (Lipinski definition) is 1. The van der Waals surface area contributed by atoms with Crippen LogP contribution >= 0.6 is 0 Å². The Morgan fingerprint density at radius 3 is 2.83 bits per heavy atom. The molecule has 0 bridgehead atoms. The quantitative estimate of drug-likeness (QED) is 0.744. The number of ether oxygens (including phenoxy) is 1. The van der Waals surface area contributed by atoms with Crippen LogP contribution in [0.15, 0.2) is 24.3 Å². The predicted octanol–water partition coefficient (Wildman–Crippen LogP) is 3.13. The van der Waals surface area contributed by atoms with Crippen LogP contribution in [-0.4, -0.2) is 31.5 Å². The molecule has 1 heterocycles. The average Bonchev–Trinajstić information content (AvgIpc) is 2.97. The third kappa shape index (κ3) is 4.49. The minimum absolute atomic E-state index is 0.0234. The Morgan fingerprint density at radius 2 is 2.12 bits per heavy atom. The van der Waals surface area contributed by atoms with Gasteiger partial charge in [0.25, 0.3) is 0 Å². The summed E-state index contributed by atoms with van der Waals surface area (Å²) in [4.78, 5) is 26.4. The molecule has 5 heteroatoms. The lowest BCUT2D eigenvalue weighted by atomic mass is 10.1. The van der Waals surface area contributed by atoms with Gasteiger partial charge in [0.1, 0.15) is 5.75 Å².